The number of halogens is 5. The molecule has 1 atom stereocenters. The molecule has 0 aromatic heterocycles. The Hall–Kier alpha value is -2.19. The highest BCUT2D eigenvalue weighted by molar-refractivity contribution is 5.79. The van der Waals surface area contributed by atoms with Gasteiger partial charge in [0.05, 0.1) is 19.4 Å². The SMILES string of the molecule is CCCCC(CC)COC(=O)CCC(=O)Oc1c(F)c(F)c(F)c(F)c1F. The number of carbonyl (C=O) groups is 2. The van der Waals surface area contributed by atoms with Gasteiger partial charge in [0.15, 0.2) is 0 Å². The quantitative estimate of drug-likeness (QED) is 0.187. The molecular formula is C18H21F5O4. The molecule has 0 amide bonds. The fourth-order valence-electron chi connectivity index (χ4n) is 2.22. The molecule has 0 fully saturated rings. The Balaban J connectivity index is 2.56. The lowest BCUT2D eigenvalue weighted by Crippen LogP contribution is -2.17. The van der Waals surface area contributed by atoms with Crippen LogP contribution in [-0.4, -0.2) is 18.5 Å². The smallest absolute Gasteiger partial charge is 0.311 e. The Labute approximate surface area is 153 Å². The lowest BCUT2D eigenvalue weighted by Gasteiger charge is -2.14. The Kier molecular flexibility index (Phi) is 9.17. The van der Waals surface area contributed by atoms with E-state index in [9.17, 15) is 31.5 Å². The number of rotatable bonds is 10. The van der Waals surface area contributed by atoms with Gasteiger partial charge in [0.25, 0.3) is 0 Å². The molecule has 0 N–H and O–H groups in total. The van der Waals surface area contributed by atoms with Crippen molar-refractivity contribution in [3.63, 3.8) is 0 Å². The first-order valence-electron chi connectivity index (χ1n) is 8.60. The van der Waals surface area contributed by atoms with Crippen molar-refractivity contribution in [2.75, 3.05) is 6.61 Å². The van der Waals surface area contributed by atoms with Crippen LogP contribution in [0, 0.1) is 35.0 Å². The van der Waals surface area contributed by atoms with Crippen LogP contribution < -0.4 is 4.74 Å². The van der Waals surface area contributed by atoms with Crippen molar-refractivity contribution in [2.45, 2.75) is 52.4 Å². The van der Waals surface area contributed by atoms with Crippen molar-refractivity contribution < 1.29 is 41.0 Å². The molecule has 0 saturated carbocycles. The van der Waals surface area contributed by atoms with Gasteiger partial charge in [-0.1, -0.05) is 33.1 Å². The van der Waals surface area contributed by atoms with E-state index in [1.54, 1.807) is 0 Å². The van der Waals surface area contributed by atoms with Crippen molar-refractivity contribution >= 4 is 11.9 Å². The summed E-state index contributed by atoms with van der Waals surface area (Å²) < 4.78 is 75.1. The average molecular weight is 396 g/mol. The molecule has 0 spiro atoms. The minimum absolute atomic E-state index is 0.183. The van der Waals surface area contributed by atoms with Crippen molar-refractivity contribution in [3.8, 4) is 5.75 Å². The summed E-state index contributed by atoms with van der Waals surface area (Å²) in [6.45, 7) is 4.17. The summed E-state index contributed by atoms with van der Waals surface area (Å²) in [5.41, 5.74) is 0. The van der Waals surface area contributed by atoms with Gasteiger partial charge >= 0.3 is 11.9 Å². The fraction of sp³-hybridized carbons (Fsp3) is 0.556. The van der Waals surface area contributed by atoms with Gasteiger partial charge in [-0.25, -0.2) is 13.2 Å². The van der Waals surface area contributed by atoms with Gasteiger partial charge in [0.1, 0.15) is 0 Å². The molecule has 0 aliphatic rings. The van der Waals surface area contributed by atoms with Gasteiger partial charge in [-0.15, -0.1) is 0 Å². The van der Waals surface area contributed by atoms with Crippen LogP contribution in [-0.2, 0) is 14.3 Å². The van der Waals surface area contributed by atoms with Crippen molar-refractivity contribution in [2.24, 2.45) is 5.92 Å². The molecule has 0 radical (unpaired) electrons. The zero-order chi connectivity index (χ0) is 20.6. The van der Waals surface area contributed by atoms with Crippen LogP contribution in [0.3, 0.4) is 0 Å². The molecule has 0 aliphatic heterocycles. The molecule has 1 rings (SSSR count). The zero-order valence-corrected chi connectivity index (χ0v) is 15.0. The van der Waals surface area contributed by atoms with Crippen LogP contribution in [0.1, 0.15) is 52.4 Å². The number of hydrogen-bond donors (Lipinski definition) is 0. The van der Waals surface area contributed by atoms with Crippen LogP contribution in [0.2, 0.25) is 0 Å². The molecule has 0 saturated heterocycles. The third-order valence-electron chi connectivity index (χ3n) is 3.94. The molecular weight excluding hydrogens is 375 g/mol. The van der Waals surface area contributed by atoms with Gasteiger partial charge in [0.2, 0.25) is 34.8 Å². The van der Waals surface area contributed by atoms with Gasteiger partial charge in [-0.2, -0.15) is 8.78 Å². The summed E-state index contributed by atoms with van der Waals surface area (Å²) in [4.78, 5) is 23.2. The lowest BCUT2D eigenvalue weighted by atomic mass is 10.0. The van der Waals surface area contributed by atoms with E-state index in [1.807, 2.05) is 13.8 Å². The van der Waals surface area contributed by atoms with E-state index >= 15 is 0 Å². The second-order valence-electron chi connectivity index (χ2n) is 5.97. The number of esters is 2. The summed E-state index contributed by atoms with van der Waals surface area (Å²) >= 11 is 0. The number of ether oxygens (including phenoxy) is 2. The summed E-state index contributed by atoms with van der Waals surface area (Å²) in [6, 6.07) is 0. The Bertz CT molecular complexity index is 649. The van der Waals surface area contributed by atoms with E-state index in [0.29, 0.717) is 0 Å². The number of carbonyl (C=O) groups excluding carboxylic acids is 2. The van der Waals surface area contributed by atoms with Crippen LogP contribution >= 0.6 is 0 Å². The lowest BCUT2D eigenvalue weighted by molar-refractivity contribution is -0.148. The van der Waals surface area contributed by atoms with Crippen LogP contribution in [0.25, 0.3) is 0 Å². The van der Waals surface area contributed by atoms with Crippen molar-refractivity contribution in [1.82, 2.24) is 0 Å². The Morgan fingerprint density at radius 3 is 1.89 bits per heavy atom. The van der Waals surface area contributed by atoms with E-state index in [4.69, 9.17) is 4.74 Å². The Morgan fingerprint density at radius 1 is 0.852 bits per heavy atom. The first-order valence-corrected chi connectivity index (χ1v) is 8.60. The highest BCUT2D eigenvalue weighted by atomic mass is 19.2. The Morgan fingerprint density at radius 2 is 1.37 bits per heavy atom. The molecule has 0 heterocycles. The molecule has 9 heteroatoms. The molecule has 27 heavy (non-hydrogen) atoms. The van der Waals surface area contributed by atoms with Crippen molar-refractivity contribution in [3.05, 3.63) is 29.1 Å². The van der Waals surface area contributed by atoms with Crippen LogP contribution in [0.4, 0.5) is 22.0 Å². The normalized spacial score (nSPS) is 12.0. The predicted octanol–water partition coefficient (Wildman–Crippen LogP) is 4.83. The maximum absolute atomic E-state index is 13.4. The number of benzene rings is 1. The van der Waals surface area contributed by atoms with E-state index in [2.05, 4.69) is 4.74 Å². The summed E-state index contributed by atoms with van der Waals surface area (Å²) in [7, 11) is 0. The molecule has 0 aliphatic carbocycles. The minimum Gasteiger partial charge on any atom is -0.465 e. The highest BCUT2D eigenvalue weighted by Crippen LogP contribution is 2.29. The molecule has 4 nitrogen and oxygen atoms in total. The van der Waals surface area contributed by atoms with E-state index in [0.717, 1.165) is 25.7 Å². The predicted molar refractivity (Wildman–Crippen MR) is 85.4 cm³/mol. The van der Waals surface area contributed by atoms with Crippen molar-refractivity contribution in [1.29, 1.82) is 0 Å². The fourth-order valence-corrected chi connectivity index (χ4v) is 2.22. The standard InChI is InChI=1S/C18H21F5O4/c1-3-5-6-10(4-2)9-26-11(24)7-8-12(25)27-18-16(22)14(20)13(19)15(21)17(18)23/h10H,3-9H2,1-2H3. The molecule has 1 aromatic rings. The summed E-state index contributed by atoms with van der Waals surface area (Å²) in [5.74, 6) is -14.9. The second-order valence-corrected chi connectivity index (χ2v) is 5.97. The van der Waals surface area contributed by atoms with E-state index in [-0.39, 0.29) is 12.5 Å². The summed E-state index contributed by atoms with van der Waals surface area (Å²) in [6.07, 6.45) is 2.62. The van der Waals surface area contributed by atoms with Gasteiger partial charge in [-0.05, 0) is 12.3 Å². The topological polar surface area (TPSA) is 52.6 Å². The van der Waals surface area contributed by atoms with Gasteiger partial charge < -0.3 is 9.47 Å². The summed E-state index contributed by atoms with van der Waals surface area (Å²) in [5, 5.41) is 0. The molecule has 1 aromatic carbocycles. The largest absolute Gasteiger partial charge is 0.465 e. The zero-order valence-electron chi connectivity index (χ0n) is 15.0. The van der Waals surface area contributed by atoms with Gasteiger partial charge in [0, 0.05) is 0 Å². The minimum atomic E-state index is -2.36. The monoisotopic (exact) mass is 396 g/mol. The number of hydrogen-bond acceptors (Lipinski definition) is 4. The third-order valence-corrected chi connectivity index (χ3v) is 3.94. The van der Waals surface area contributed by atoms with Crippen LogP contribution in [0.5, 0.6) is 5.75 Å². The maximum Gasteiger partial charge on any atom is 0.311 e. The second kappa shape index (κ2) is 10.8. The van der Waals surface area contributed by atoms with Crippen LogP contribution in [0.15, 0.2) is 0 Å². The molecule has 152 valence electrons. The highest BCUT2D eigenvalue weighted by Gasteiger charge is 2.28. The third kappa shape index (κ3) is 6.48. The maximum atomic E-state index is 13.4. The first-order chi connectivity index (χ1) is 12.7. The molecule has 0 bridgehead atoms. The van der Waals surface area contributed by atoms with E-state index in [1.165, 1.54) is 0 Å². The average Bonchev–Trinajstić information content (AvgIpc) is 2.66. The number of unbranched alkanes of at least 4 members (excludes halogenated alkanes) is 1. The van der Waals surface area contributed by atoms with Gasteiger partial charge in [-0.3, -0.25) is 9.59 Å². The van der Waals surface area contributed by atoms with E-state index < -0.39 is 59.6 Å². The first kappa shape index (κ1) is 22.9. The molecule has 1 unspecified atom stereocenters.